The molecule has 7 heteroatoms. The van der Waals surface area contributed by atoms with E-state index in [4.69, 9.17) is 5.73 Å². The molecule has 1 saturated heterocycles. The van der Waals surface area contributed by atoms with Crippen molar-refractivity contribution >= 4 is 38.3 Å². The highest BCUT2D eigenvalue weighted by Crippen LogP contribution is 2.28. The Balaban J connectivity index is 1.87. The number of nitrogens with zero attached hydrogens (tertiary/aromatic N) is 2. The molecule has 0 bridgehead atoms. The summed E-state index contributed by atoms with van der Waals surface area (Å²) in [6.07, 6.45) is 1.78. The molecule has 1 aliphatic rings. The molecule has 2 heterocycles. The van der Waals surface area contributed by atoms with Crippen LogP contribution in [-0.4, -0.2) is 28.9 Å². The first-order valence-corrected chi connectivity index (χ1v) is 8.22. The van der Waals surface area contributed by atoms with Gasteiger partial charge in [0.15, 0.2) is 5.13 Å². The molecular formula is C14H15BrN4OS. The first-order valence-electron chi connectivity index (χ1n) is 6.61. The number of halogens is 1. The molecule has 5 nitrogen and oxygen atoms in total. The summed E-state index contributed by atoms with van der Waals surface area (Å²) in [6, 6.07) is 7.60. The Morgan fingerprint density at radius 1 is 1.52 bits per heavy atom. The molecule has 1 atom stereocenters. The molecule has 1 fully saturated rings. The quantitative estimate of drug-likeness (QED) is 0.872. The summed E-state index contributed by atoms with van der Waals surface area (Å²) in [5.41, 5.74) is 6.67. The molecule has 1 amide bonds. The summed E-state index contributed by atoms with van der Waals surface area (Å²) in [4.78, 5) is 19.6. The minimum atomic E-state index is -0.278. The number of hydrogen-bond donors (Lipinski definition) is 2. The number of nitrogens with two attached hydrogens (primary N) is 1. The Labute approximate surface area is 135 Å². The van der Waals surface area contributed by atoms with Crippen LogP contribution >= 0.6 is 27.3 Å². The zero-order chi connectivity index (χ0) is 14.8. The van der Waals surface area contributed by atoms with E-state index in [1.54, 1.807) is 6.20 Å². The summed E-state index contributed by atoms with van der Waals surface area (Å²) >= 11 is 4.93. The van der Waals surface area contributed by atoms with E-state index in [-0.39, 0.29) is 11.9 Å². The van der Waals surface area contributed by atoms with Crippen molar-refractivity contribution in [1.82, 2.24) is 15.2 Å². The Kier molecular flexibility index (Phi) is 4.23. The number of nitrogen functional groups attached to an aromatic ring is 1. The van der Waals surface area contributed by atoms with E-state index in [0.717, 1.165) is 21.5 Å². The van der Waals surface area contributed by atoms with Crippen LogP contribution in [0.2, 0.25) is 0 Å². The average molecular weight is 367 g/mol. The van der Waals surface area contributed by atoms with Crippen molar-refractivity contribution in [2.24, 2.45) is 0 Å². The van der Waals surface area contributed by atoms with Gasteiger partial charge in [-0.1, -0.05) is 28.1 Å². The molecule has 1 aliphatic heterocycles. The van der Waals surface area contributed by atoms with Crippen molar-refractivity contribution in [2.45, 2.75) is 12.6 Å². The van der Waals surface area contributed by atoms with Gasteiger partial charge < -0.3 is 11.1 Å². The first-order chi connectivity index (χ1) is 10.1. The summed E-state index contributed by atoms with van der Waals surface area (Å²) < 4.78 is 0.973. The lowest BCUT2D eigenvalue weighted by atomic mass is 10.0. The van der Waals surface area contributed by atoms with Crippen molar-refractivity contribution < 1.29 is 4.79 Å². The smallest absolute Gasteiger partial charge is 0.242 e. The molecule has 3 rings (SSSR count). The second-order valence-corrected chi connectivity index (χ2v) is 6.95. The lowest BCUT2D eigenvalue weighted by Crippen LogP contribution is -2.49. The van der Waals surface area contributed by atoms with E-state index in [1.165, 1.54) is 11.3 Å². The second kappa shape index (κ2) is 6.13. The normalized spacial score (nSPS) is 19.5. The van der Waals surface area contributed by atoms with Crippen LogP contribution in [0.15, 0.2) is 34.9 Å². The van der Waals surface area contributed by atoms with E-state index >= 15 is 0 Å². The molecule has 21 heavy (non-hydrogen) atoms. The highest BCUT2D eigenvalue weighted by atomic mass is 79.9. The standard InChI is InChI=1S/C14H15BrN4OS/c15-10-3-1-2-9(6-10)12-13(20)17-4-5-19(12)8-11-7-18-14(16)21-11/h1-3,6-7,12H,4-5,8H2,(H2,16,18)(H,17,20). The number of amides is 1. The molecule has 0 spiro atoms. The predicted octanol–water partition coefficient (Wildman–Crippen LogP) is 2.16. The van der Waals surface area contributed by atoms with Crippen molar-refractivity contribution in [3.05, 3.63) is 45.4 Å². The summed E-state index contributed by atoms with van der Waals surface area (Å²) in [7, 11) is 0. The molecule has 2 aromatic rings. The first kappa shape index (κ1) is 14.5. The van der Waals surface area contributed by atoms with Crippen molar-refractivity contribution in [1.29, 1.82) is 0 Å². The van der Waals surface area contributed by atoms with Crippen LogP contribution in [0, 0.1) is 0 Å². The number of carbonyl (C=O) groups excluding carboxylic acids is 1. The Hall–Kier alpha value is -1.44. The van der Waals surface area contributed by atoms with Gasteiger partial charge in [-0.3, -0.25) is 9.69 Å². The topological polar surface area (TPSA) is 71.2 Å². The monoisotopic (exact) mass is 366 g/mol. The van der Waals surface area contributed by atoms with Gasteiger partial charge in [-0.25, -0.2) is 4.98 Å². The number of anilines is 1. The van der Waals surface area contributed by atoms with Gasteiger partial charge in [0, 0.05) is 35.2 Å². The maximum Gasteiger partial charge on any atom is 0.242 e. The second-order valence-electron chi connectivity index (χ2n) is 4.88. The van der Waals surface area contributed by atoms with Crippen LogP contribution < -0.4 is 11.1 Å². The van der Waals surface area contributed by atoms with Crippen LogP contribution in [0.3, 0.4) is 0 Å². The molecule has 0 radical (unpaired) electrons. The number of benzene rings is 1. The fraction of sp³-hybridized carbons (Fsp3) is 0.286. The highest BCUT2D eigenvalue weighted by molar-refractivity contribution is 9.10. The molecule has 0 aliphatic carbocycles. The Bertz CT molecular complexity index is 660. The van der Waals surface area contributed by atoms with Gasteiger partial charge in [0.25, 0.3) is 0 Å². The molecule has 1 aromatic heterocycles. The van der Waals surface area contributed by atoms with Gasteiger partial charge in [-0.15, -0.1) is 11.3 Å². The number of piperazine rings is 1. The van der Waals surface area contributed by atoms with Crippen molar-refractivity contribution in [2.75, 3.05) is 18.8 Å². The van der Waals surface area contributed by atoms with E-state index < -0.39 is 0 Å². The minimum Gasteiger partial charge on any atom is -0.375 e. The molecule has 3 N–H and O–H groups in total. The third-order valence-corrected chi connectivity index (χ3v) is 4.71. The Morgan fingerprint density at radius 3 is 3.10 bits per heavy atom. The number of aromatic nitrogens is 1. The van der Waals surface area contributed by atoms with Gasteiger partial charge in [-0.2, -0.15) is 0 Å². The van der Waals surface area contributed by atoms with Crippen molar-refractivity contribution in [3.8, 4) is 0 Å². The zero-order valence-corrected chi connectivity index (χ0v) is 13.7. The fourth-order valence-corrected chi connectivity index (χ4v) is 3.65. The van der Waals surface area contributed by atoms with E-state index in [9.17, 15) is 4.79 Å². The van der Waals surface area contributed by atoms with E-state index in [1.807, 2.05) is 24.3 Å². The lowest BCUT2D eigenvalue weighted by Gasteiger charge is -2.34. The van der Waals surface area contributed by atoms with E-state index in [2.05, 4.69) is 31.1 Å². The molecule has 1 aromatic carbocycles. The number of thiazole rings is 1. The van der Waals surface area contributed by atoms with Crippen molar-refractivity contribution in [3.63, 3.8) is 0 Å². The predicted molar refractivity (Wildman–Crippen MR) is 86.8 cm³/mol. The van der Waals surface area contributed by atoms with Crippen LogP contribution in [0.4, 0.5) is 5.13 Å². The minimum absolute atomic E-state index is 0.0387. The molecule has 0 saturated carbocycles. The Morgan fingerprint density at radius 2 is 2.38 bits per heavy atom. The van der Waals surface area contributed by atoms with E-state index in [0.29, 0.717) is 18.2 Å². The summed E-state index contributed by atoms with van der Waals surface area (Å²) in [6.45, 7) is 2.15. The fourth-order valence-electron chi connectivity index (χ4n) is 2.52. The maximum atomic E-state index is 12.3. The van der Waals surface area contributed by atoms with Gasteiger partial charge >= 0.3 is 0 Å². The van der Waals surface area contributed by atoms with Crippen LogP contribution in [-0.2, 0) is 11.3 Å². The largest absolute Gasteiger partial charge is 0.375 e. The van der Waals surface area contributed by atoms with Crippen LogP contribution in [0.5, 0.6) is 0 Å². The highest BCUT2D eigenvalue weighted by Gasteiger charge is 2.31. The third kappa shape index (κ3) is 3.25. The maximum absolute atomic E-state index is 12.3. The number of hydrogen-bond acceptors (Lipinski definition) is 5. The SMILES string of the molecule is Nc1ncc(CN2CCNC(=O)C2c2cccc(Br)c2)s1. The number of nitrogens with one attached hydrogen (secondary N) is 1. The van der Waals surface area contributed by atoms with Crippen LogP contribution in [0.1, 0.15) is 16.5 Å². The average Bonchev–Trinajstić information content (AvgIpc) is 2.84. The number of rotatable bonds is 3. The number of carbonyl (C=O) groups is 1. The third-order valence-electron chi connectivity index (χ3n) is 3.41. The van der Waals surface area contributed by atoms with Gasteiger partial charge in [0.1, 0.15) is 6.04 Å². The summed E-state index contributed by atoms with van der Waals surface area (Å²) in [5.74, 6) is 0.0387. The van der Waals surface area contributed by atoms with Gasteiger partial charge in [-0.05, 0) is 17.7 Å². The van der Waals surface area contributed by atoms with Crippen LogP contribution in [0.25, 0.3) is 0 Å². The lowest BCUT2D eigenvalue weighted by molar-refractivity contribution is -0.129. The molecule has 110 valence electrons. The molecule has 1 unspecified atom stereocenters. The zero-order valence-electron chi connectivity index (χ0n) is 11.3. The molecular weight excluding hydrogens is 352 g/mol. The van der Waals surface area contributed by atoms with Gasteiger partial charge in [0.05, 0.1) is 0 Å². The van der Waals surface area contributed by atoms with Gasteiger partial charge in [0.2, 0.25) is 5.91 Å². The summed E-state index contributed by atoms with van der Waals surface area (Å²) in [5, 5.41) is 3.50.